The first-order valence-electron chi connectivity index (χ1n) is 11.7. The van der Waals surface area contributed by atoms with E-state index in [9.17, 15) is 22.4 Å². The molecule has 10 heteroatoms. The van der Waals surface area contributed by atoms with Crippen LogP contribution in [0.15, 0.2) is 30.3 Å². The number of nitrogens with one attached hydrogen (secondary N) is 1. The number of nitrogens with zero attached hydrogens (tertiary/aromatic N) is 4. The quantitative estimate of drug-likeness (QED) is 0.630. The highest BCUT2D eigenvalue weighted by Crippen LogP contribution is 2.47. The van der Waals surface area contributed by atoms with Crippen LogP contribution in [0.3, 0.4) is 0 Å². The lowest BCUT2D eigenvalue weighted by Crippen LogP contribution is -2.54. The van der Waals surface area contributed by atoms with Crippen molar-refractivity contribution >= 4 is 11.8 Å². The van der Waals surface area contributed by atoms with Crippen molar-refractivity contribution in [3.8, 4) is 0 Å². The predicted molar refractivity (Wildman–Crippen MR) is 119 cm³/mol. The van der Waals surface area contributed by atoms with Crippen molar-refractivity contribution in [3.05, 3.63) is 47.4 Å². The molecule has 2 saturated carbocycles. The molecular weight excluding hydrogens is 450 g/mol. The van der Waals surface area contributed by atoms with E-state index in [1.807, 2.05) is 20.2 Å². The van der Waals surface area contributed by atoms with E-state index in [-0.39, 0.29) is 23.7 Å². The average molecular weight is 480 g/mol. The van der Waals surface area contributed by atoms with Gasteiger partial charge in [0.05, 0.1) is 12.1 Å². The van der Waals surface area contributed by atoms with Crippen molar-refractivity contribution in [2.75, 3.05) is 25.5 Å². The van der Waals surface area contributed by atoms with Crippen LogP contribution in [-0.4, -0.2) is 46.9 Å². The van der Waals surface area contributed by atoms with E-state index in [1.165, 1.54) is 15.6 Å². The summed E-state index contributed by atoms with van der Waals surface area (Å²) in [6, 6.07) is 7.21. The largest absolute Gasteiger partial charge is 0.435 e. The summed E-state index contributed by atoms with van der Waals surface area (Å²) in [5.41, 5.74) is -0.996. The third kappa shape index (κ3) is 4.06. The molecule has 2 aliphatic carbocycles. The Bertz CT molecular complexity index is 1080. The minimum atomic E-state index is -4.57. The smallest absolute Gasteiger partial charge is 0.330 e. The summed E-state index contributed by atoms with van der Waals surface area (Å²) in [5, 5.41) is 6.87. The molecular formula is C24H29F4N5O. The Morgan fingerprint density at radius 1 is 1.15 bits per heavy atom. The minimum absolute atomic E-state index is 0.197. The van der Waals surface area contributed by atoms with E-state index in [1.54, 1.807) is 12.1 Å². The van der Waals surface area contributed by atoms with Gasteiger partial charge in [0.2, 0.25) is 0 Å². The molecule has 6 nitrogen and oxygen atoms in total. The molecule has 3 fully saturated rings. The summed E-state index contributed by atoms with van der Waals surface area (Å²) in [5.74, 6) is 0.216. The number of hydrogen-bond donors (Lipinski definition) is 1. The fourth-order valence-electron chi connectivity index (χ4n) is 5.53. The van der Waals surface area contributed by atoms with Crippen molar-refractivity contribution in [1.29, 1.82) is 0 Å². The molecule has 184 valence electrons. The molecule has 1 saturated heterocycles. The number of urea groups is 1. The van der Waals surface area contributed by atoms with Gasteiger partial charge in [-0.3, -0.25) is 9.80 Å². The Morgan fingerprint density at radius 2 is 1.85 bits per heavy atom. The zero-order valence-corrected chi connectivity index (χ0v) is 19.3. The number of anilines is 1. The number of aromatic nitrogens is 2. The van der Waals surface area contributed by atoms with Gasteiger partial charge in [-0.05, 0) is 76.2 Å². The maximum Gasteiger partial charge on any atom is 0.435 e. The van der Waals surface area contributed by atoms with Gasteiger partial charge in [-0.15, -0.1) is 0 Å². The minimum Gasteiger partial charge on any atom is -0.330 e. The molecule has 0 radical (unpaired) electrons. The molecule has 1 spiro atoms. The monoisotopic (exact) mass is 479 g/mol. The molecule has 0 bridgehead atoms. The number of carbonyl (C=O) groups excluding carboxylic acids is 1. The van der Waals surface area contributed by atoms with Crippen LogP contribution in [0.25, 0.3) is 0 Å². The van der Waals surface area contributed by atoms with Crippen LogP contribution < -0.4 is 10.2 Å². The molecule has 2 aromatic rings. The lowest BCUT2D eigenvalue weighted by Gasteiger charge is -2.48. The van der Waals surface area contributed by atoms with Crippen molar-refractivity contribution in [1.82, 2.24) is 20.0 Å². The molecule has 0 unspecified atom stereocenters. The second kappa shape index (κ2) is 7.96. The highest BCUT2D eigenvalue weighted by molar-refractivity contribution is 5.94. The topological polar surface area (TPSA) is 53.4 Å². The van der Waals surface area contributed by atoms with Crippen LogP contribution in [0, 0.1) is 11.7 Å². The van der Waals surface area contributed by atoms with E-state index in [0.29, 0.717) is 38.1 Å². The van der Waals surface area contributed by atoms with Gasteiger partial charge in [0, 0.05) is 18.2 Å². The first kappa shape index (κ1) is 23.1. The zero-order valence-electron chi connectivity index (χ0n) is 19.3. The van der Waals surface area contributed by atoms with Gasteiger partial charge in [0.15, 0.2) is 5.69 Å². The third-order valence-corrected chi connectivity index (χ3v) is 7.78. The van der Waals surface area contributed by atoms with E-state index in [0.717, 1.165) is 24.5 Å². The summed E-state index contributed by atoms with van der Waals surface area (Å²) in [7, 11) is 3.94. The van der Waals surface area contributed by atoms with Crippen LogP contribution in [0.5, 0.6) is 0 Å². The Morgan fingerprint density at radius 3 is 2.44 bits per heavy atom. The Balaban J connectivity index is 1.39. The molecule has 2 amide bonds. The average Bonchev–Trinajstić information content (AvgIpc) is 3.38. The van der Waals surface area contributed by atoms with Gasteiger partial charge in [-0.1, -0.05) is 12.1 Å². The van der Waals surface area contributed by atoms with Gasteiger partial charge >= 0.3 is 12.2 Å². The Hall–Kier alpha value is -2.62. The molecule has 5 rings (SSSR count). The summed E-state index contributed by atoms with van der Waals surface area (Å²) in [6.07, 6.45) is -0.00934. The van der Waals surface area contributed by atoms with Crippen LogP contribution in [-0.2, 0) is 18.3 Å². The fraction of sp³-hybridized carbons (Fsp3) is 0.583. The Labute approximate surface area is 195 Å². The first-order valence-corrected chi connectivity index (χ1v) is 11.7. The molecule has 1 aromatic heterocycles. The molecule has 34 heavy (non-hydrogen) atoms. The van der Waals surface area contributed by atoms with Crippen LogP contribution in [0.4, 0.5) is 28.2 Å². The highest BCUT2D eigenvalue weighted by Gasteiger charge is 2.51. The SMILES string of the molecule is CN(C)[C@]1(c2cccc(F)c2)CC[C@@]2(CC1)CN(c1cc(C(F)(F)F)nn1CC1CC1)C(=O)N2. The first-order chi connectivity index (χ1) is 16.0. The van der Waals surface area contributed by atoms with Gasteiger partial charge in [-0.2, -0.15) is 18.3 Å². The van der Waals surface area contributed by atoms with Crippen molar-refractivity contribution < 1.29 is 22.4 Å². The number of hydrogen-bond acceptors (Lipinski definition) is 3. The number of carbonyl (C=O) groups is 1. The second-order valence-electron chi connectivity index (χ2n) is 10.2. The molecule has 1 aliphatic heterocycles. The van der Waals surface area contributed by atoms with Gasteiger partial charge in [-0.25, -0.2) is 13.9 Å². The lowest BCUT2D eigenvalue weighted by molar-refractivity contribution is -0.141. The van der Waals surface area contributed by atoms with Crippen molar-refractivity contribution in [2.45, 2.75) is 62.3 Å². The maximum absolute atomic E-state index is 14.0. The molecule has 0 atom stereocenters. The van der Waals surface area contributed by atoms with E-state index in [2.05, 4.69) is 15.3 Å². The normalized spacial score (nSPS) is 27.6. The maximum atomic E-state index is 14.0. The molecule has 3 aliphatic rings. The number of amides is 2. The van der Waals surface area contributed by atoms with Crippen molar-refractivity contribution in [3.63, 3.8) is 0 Å². The summed E-state index contributed by atoms with van der Waals surface area (Å²) < 4.78 is 55.5. The fourth-order valence-corrected chi connectivity index (χ4v) is 5.53. The van der Waals surface area contributed by atoms with E-state index < -0.39 is 23.4 Å². The summed E-state index contributed by atoms with van der Waals surface area (Å²) in [4.78, 5) is 16.5. The third-order valence-electron chi connectivity index (χ3n) is 7.78. The van der Waals surface area contributed by atoms with Crippen molar-refractivity contribution in [2.24, 2.45) is 5.92 Å². The summed E-state index contributed by atoms with van der Waals surface area (Å²) >= 11 is 0. The zero-order chi connectivity index (χ0) is 24.3. The number of alkyl halides is 3. The van der Waals surface area contributed by atoms with Crippen LogP contribution >= 0.6 is 0 Å². The lowest BCUT2D eigenvalue weighted by atomic mass is 9.69. The van der Waals surface area contributed by atoms with E-state index in [4.69, 9.17) is 0 Å². The van der Waals surface area contributed by atoms with Gasteiger partial charge < -0.3 is 5.32 Å². The highest BCUT2D eigenvalue weighted by atomic mass is 19.4. The predicted octanol–water partition coefficient (Wildman–Crippen LogP) is 4.75. The second-order valence-corrected chi connectivity index (χ2v) is 10.2. The molecule has 1 N–H and O–H groups in total. The van der Waals surface area contributed by atoms with Crippen LogP contribution in [0.2, 0.25) is 0 Å². The molecule has 2 heterocycles. The summed E-state index contributed by atoms with van der Waals surface area (Å²) in [6.45, 7) is 0.664. The van der Waals surface area contributed by atoms with E-state index >= 15 is 0 Å². The van der Waals surface area contributed by atoms with Crippen LogP contribution in [0.1, 0.15) is 49.8 Å². The number of rotatable bonds is 5. The van der Waals surface area contributed by atoms with Gasteiger partial charge in [0.1, 0.15) is 11.6 Å². The standard InChI is InChI=1S/C24H29F4N5O/c1-31(2)23(17-4-3-5-18(25)12-17)10-8-22(9-11-23)15-32(21(34)29-22)20-13-19(24(26,27)28)30-33(20)14-16-6-7-16/h3-5,12-13,16H,6-11,14-15H2,1-2H3,(H,29,34)/t22-,23-. The molecule has 1 aromatic carbocycles. The number of benzene rings is 1. The number of halogens is 4. The van der Waals surface area contributed by atoms with Gasteiger partial charge in [0.25, 0.3) is 0 Å². The Kier molecular flexibility index (Phi) is 5.42.